The van der Waals surface area contributed by atoms with E-state index in [1.807, 2.05) is 12.1 Å². The van der Waals surface area contributed by atoms with E-state index in [9.17, 15) is 9.59 Å². The van der Waals surface area contributed by atoms with Gasteiger partial charge in [0.25, 0.3) is 0 Å². The average molecular weight is 653 g/mol. The number of aryl methyl sites for hydroxylation is 2. The third-order valence-corrected chi connectivity index (χ3v) is 9.12. The van der Waals surface area contributed by atoms with Gasteiger partial charge in [0.1, 0.15) is 5.82 Å². The average Bonchev–Trinajstić information content (AvgIpc) is 3.86. The summed E-state index contributed by atoms with van der Waals surface area (Å²) in [6, 6.07) is 12.2. The van der Waals surface area contributed by atoms with Crippen LogP contribution in [0.4, 0.5) is 25.8 Å². The number of halogens is 1. The van der Waals surface area contributed by atoms with Crippen LogP contribution in [0.15, 0.2) is 61.1 Å². The largest absolute Gasteiger partial charge is 0.421 e. The third-order valence-electron chi connectivity index (χ3n) is 8.05. The van der Waals surface area contributed by atoms with Crippen LogP contribution in [-0.2, 0) is 24.1 Å². The Morgan fingerprint density at radius 2 is 1.81 bits per heavy atom. The number of carbonyl (C=O) groups is 2. The van der Waals surface area contributed by atoms with E-state index in [-0.39, 0.29) is 17.7 Å². The monoisotopic (exact) mass is 652 g/mol. The Morgan fingerprint density at radius 1 is 0.979 bits per heavy atom. The van der Waals surface area contributed by atoms with Gasteiger partial charge in [-0.15, -0.1) is 0 Å². The molecule has 0 bridgehead atoms. The molecular weight excluding hydrogens is 619 g/mol. The van der Waals surface area contributed by atoms with Crippen LogP contribution in [0.25, 0.3) is 16.1 Å². The van der Waals surface area contributed by atoms with Crippen LogP contribution in [0.3, 0.4) is 0 Å². The maximum absolute atomic E-state index is 15.0. The Labute approximate surface area is 274 Å². The molecule has 0 spiro atoms. The minimum absolute atomic E-state index is 0.0521. The van der Waals surface area contributed by atoms with Crippen molar-refractivity contribution < 1.29 is 18.7 Å². The van der Waals surface area contributed by atoms with Gasteiger partial charge >= 0.3 is 12.0 Å². The van der Waals surface area contributed by atoms with Gasteiger partial charge < -0.3 is 10.1 Å². The lowest BCUT2D eigenvalue weighted by atomic mass is 10.1. The van der Waals surface area contributed by atoms with Gasteiger partial charge in [0.2, 0.25) is 5.91 Å². The molecule has 0 saturated carbocycles. The molecule has 2 aromatic carbocycles. The highest BCUT2D eigenvalue weighted by molar-refractivity contribution is 7.19. The molecule has 1 fully saturated rings. The van der Waals surface area contributed by atoms with Crippen LogP contribution in [0.5, 0.6) is 11.8 Å². The lowest BCUT2D eigenvalue weighted by molar-refractivity contribution is -0.117. The van der Waals surface area contributed by atoms with Crippen molar-refractivity contribution in [1.82, 2.24) is 24.7 Å². The summed E-state index contributed by atoms with van der Waals surface area (Å²) in [4.78, 5) is 40.1. The number of hydrogen-bond donors (Lipinski definition) is 2. The molecule has 4 heterocycles. The molecule has 7 rings (SSSR count). The second-order valence-corrected chi connectivity index (χ2v) is 13.1. The van der Waals surface area contributed by atoms with E-state index in [4.69, 9.17) is 9.84 Å². The highest BCUT2D eigenvalue weighted by Gasteiger charge is 2.25. The van der Waals surface area contributed by atoms with Crippen LogP contribution in [0.2, 0.25) is 0 Å². The second kappa shape index (κ2) is 12.9. The Bertz CT molecular complexity index is 1960. The Balaban J connectivity index is 1.000. The number of amides is 3. The first-order valence-electron chi connectivity index (χ1n) is 15.6. The summed E-state index contributed by atoms with van der Waals surface area (Å²) in [5, 5.41) is 11.1. The normalized spacial score (nSPS) is 14.1. The van der Waals surface area contributed by atoms with Crippen molar-refractivity contribution in [3.05, 3.63) is 83.7 Å². The minimum atomic E-state index is -0.600. The van der Waals surface area contributed by atoms with E-state index < -0.39 is 11.8 Å². The van der Waals surface area contributed by atoms with E-state index in [1.165, 1.54) is 47.0 Å². The van der Waals surface area contributed by atoms with Gasteiger partial charge in [-0.05, 0) is 85.0 Å². The molecule has 1 saturated heterocycles. The van der Waals surface area contributed by atoms with Gasteiger partial charge in [0.05, 0.1) is 34.3 Å². The molecule has 2 aliphatic rings. The molecule has 0 radical (unpaired) electrons. The Kier molecular flexibility index (Phi) is 8.37. The molecule has 2 N–H and O–H groups in total. The molecule has 47 heavy (non-hydrogen) atoms. The number of hydrogen-bond acceptors (Lipinski definition) is 8. The molecule has 5 aromatic rings. The van der Waals surface area contributed by atoms with E-state index in [0.717, 1.165) is 48.4 Å². The third kappa shape index (κ3) is 6.70. The lowest BCUT2D eigenvalue weighted by Gasteiger charge is -2.11. The number of thiazole rings is 1. The zero-order valence-electron chi connectivity index (χ0n) is 26.0. The number of benzene rings is 2. The van der Waals surface area contributed by atoms with Gasteiger partial charge in [0.15, 0.2) is 16.7 Å². The molecule has 0 unspecified atom stereocenters. The van der Waals surface area contributed by atoms with Crippen molar-refractivity contribution in [3.63, 3.8) is 0 Å². The number of carbonyl (C=O) groups excluding carboxylic acids is 2. The summed E-state index contributed by atoms with van der Waals surface area (Å²) < 4.78 is 22.4. The highest BCUT2D eigenvalue weighted by Crippen LogP contribution is 2.35. The Hall–Kier alpha value is -5.17. The zero-order chi connectivity index (χ0) is 32.5. The van der Waals surface area contributed by atoms with Crippen molar-refractivity contribution in [2.75, 3.05) is 22.1 Å². The molecule has 3 amide bonds. The lowest BCUT2D eigenvalue weighted by Crippen LogP contribution is -2.23. The first-order chi connectivity index (χ1) is 22.8. The van der Waals surface area contributed by atoms with Crippen LogP contribution < -0.4 is 20.3 Å². The van der Waals surface area contributed by atoms with Crippen molar-refractivity contribution >= 4 is 39.9 Å². The van der Waals surface area contributed by atoms with E-state index in [1.54, 1.807) is 21.8 Å². The maximum Gasteiger partial charge on any atom is 0.324 e. The fourth-order valence-electron chi connectivity index (χ4n) is 5.84. The fraction of sp³-hybridized carbons (Fsp3) is 0.294. The van der Waals surface area contributed by atoms with Gasteiger partial charge in [-0.3, -0.25) is 15.0 Å². The summed E-state index contributed by atoms with van der Waals surface area (Å²) in [5.74, 6) is 0.357. The number of anilines is 3. The van der Waals surface area contributed by atoms with E-state index in [0.29, 0.717) is 41.1 Å². The molecule has 3 aromatic heterocycles. The molecule has 240 valence electrons. The predicted molar refractivity (Wildman–Crippen MR) is 178 cm³/mol. The predicted octanol–water partition coefficient (Wildman–Crippen LogP) is 7.18. The molecule has 0 atom stereocenters. The molecule has 1 aliphatic carbocycles. The van der Waals surface area contributed by atoms with Gasteiger partial charge in [-0.1, -0.05) is 31.3 Å². The number of urea groups is 1. The van der Waals surface area contributed by atoms with Crippen LogP contribution in [0, 0.1) is 11.7 Å². The Morgan fingerprint density at radius 3 is 2.57 bits per heavy atom. The minimum Gasteiger partial charge on any atom is -0.421 e. The fourth-order valence-corrected chi connectivity index (χ4v) is 6.80. The van der Waals surface area contributed by atoms with Gasteiger partial charge in [0, 0.05) is 25.2 Å². The van der Waals surface area contributed by atoms with Gasteiger partial charge in [-0.2, -0.15) is 5.10 Å². The standard InChI is InChI=1S/C34H33FN8O3S/c1-20(2)13-24-16-30(43(41-24)26-10-8-21-5-3-6-22(21)14-26)40-32(45)39-25-17-36-33(37-18-25)46-28-11-9-23(15-27(28)35)29-19-38-34(47-29)42-12-4-7-31(42)44/h8-11,14-20H,3-7,12-13H2,1-2H3,(H2,39,40,45). The molecule has 13 heteroatoms. The van der Waals surface area contributed by atoms with Crippen molar-refractivity contribution in [3.8, 4) is 27.9 Å². The number of nitrogens with one attached hydrogen (secondary N) is 2. The van der Waals surface area contributed by atoms with Crippen LogP contribution >= 0.6 is 11.3 Å². The summed E-state index contributed by atoms with van der Waals surface area (Å²) >= 11 is 1.34. The molecular formula is C34H33FN8O3S. The summed E-state index contributed by atoms with van der Waals surface area (Å²) in [5.41, 5.74) is 5.41. The van der Waals surface area contributed by atoms with Crippen LogP contribution in [0.1, 0.15) is 49.9 Å². The number of aromatic nitrogens is 5. The maximum atomic E-state index is 15.0. The second-order valence-electron chi connectivity index (χ2n) is 12.1. The smallest absolute Gasteiger partial charge is 0.324 e. The number of fused-ring (bicyclic) bond motifs is 1. The summed E-state index contributed by atoms with van der Waals surface area (Å²) in [6.07, 6.45) is 9.79. The van der Waals surface area contributed by atoms with Crippen molar-refractivity contribution in [1.29, 1.82) is 0 Å². The molecule has 1 aliphatic heterocycles. The zero-order valence-corrected chi connectivity index (χ0v) is 26.8. The first-order valence-corrected chi connectivity index (χ1v) is 16.5. The number of rotatable bonds is 9. The topological polar surface area (TPSA) is 127 Å². The quantitative estimate of drug-likeness (QED) is 0.173. The number of ether oxygens (including phenoxy) is 1. The van der Waals surface area contributed by atoms with E-state index in [2.05, 4.69) is 51.6 Å². The van der Waals surface area contributed by atoms with E-state index >= 15 is 4.39 Å². The number of nitrogens with zero attached hydrogens (tertiary/aromatic N) is 6. The first kappa shape index (κ1) is 30.5. The summed E-state index contributed by atoms with van der Waals surface area (Å²) in [7, 11) is 0. The SMILES string of the molecule is CC(C)Cc1cc(NC(=O)Nc2cnc(Oc3ccc(-c4cnc(N5CCCC5=O)s4)cc3F)nc2)n(-c2ccc3c(c2)CCC3)n1. The van der Waals surface area contributed by atoms with Crippen molar-refractivity contribution in [2.24, 2.45) is 5.92 Å². The van der Waals surface area contributed by atoms with Crippen molar-refractivity contribution in [2.45, 2.75) is 52.4 Å². The highest BCUT2D eigenvalue weighted by atomic mass is 32.1. The molecule has 11 nitrogen and oxygen atoms in total. The summed E-state index contributed by atoms with van der Waals surface area (Å²) in [6.45, 7) is 4.90. The van der Waals surface area contributed by atoms with Gasteiger partial charge in [-0.25, -0.2) is 28.8 Å². The van der Waals surface area contributed by atoms with Crippen LogP contribution in [-0.4, -0.2) is 43.2 Å².